The lowest BCUT2D eigenvalue weighted by molar-refractivity contribution is -0.121. The zero-order valence-corrected chi connectivity index (χ0v) is 19.9. The Bertz CT molecular complexity index is 1600. The highest BCUT2D eigenvalue weighted by Gasteiger charge is 2.16. The number of hydrogen-bond donors (Lipinski definition) is 3. The average molecular weight is 501 g/mol. The number of H-pyrrole nitrogens is 1. The number of aryl methyl sites for hydroxylation is 1. The summed E-state index contributed by atoms with van der Waals surface area (Å²) in [5.74, 6) is -1.17. The first-order valence-corrected chi connectivity index (χ1v) is 11.9. The lowest BCUT2D eigenvalue weighted by atomic mass is 10.0. The maximum Gasteiger partial charge on any atom is 0.271 e. The zero-order valence-electron chi connectivity index (χ0n) is 19.1. The van der Waals surface area contributed by atoms with Crippen molar-refractivity contribution in [3.05, 3.63) is 101 Å². The van der Waals surface area contributed by atoms with Crippen LogP contribution >= 0.6 is 11.6 Å². The number of para-hydroxylation sites is 1. The number of aromatic amines is 1. The molecule has 3 N–H and O–H groups in total. The van der Waals surface area contributed by atoms with Crippen molar-refractivity contribution in [2.45, 2.75) is 19.3 Å². The summed E-state index contributed by atoms with van der Waals surface area (Å²) in [7, 11) is 0. The zero-order chi connectivity index (χ0) is 25.1. The Kier molecular flexibility index (Phi) is 6.64. The minimum Gasteiger partial charge on any atom is -0.353 e. The van der Waals surface area contributed by atoms with E-state index in [0.29, 0.717) is 17.9 Å². The molecule has 0 spiro atoms. The molecule has 6 nitrogen and oxygen atoms in total. The number of fused-ring (bicyclic) bond motifs is 2. The largest absolute Gasteiger partial charge is 0.353 e. The highest BCUT2D eigenvalue weighted by atomic mass is 35.5. The van der Waals surface area contributed by atoms with E-state index in [1.807, 2.05) is 36.4 Å². The summed E-state index contributed by atoms with van der Waals surface area (Å²) in [6.07, 6.45) is 1.16. The van der Waals surface area contributed by atoms with Crippen molar-refractivity contribution in [1.29, 1.82) is 0 Å². The van der Waals surface area contributed by atoms with Gasteiger partial charge >= 0.3 is 0 Å². The number of nitrogens with one attached hydrogen (secondary N) is 3. The number of carbonyl (C=O) groups is 2. The maximum atomic E-state index is 14.1. The molecular formula is C28H22ClFN4O2. The van der Waals surface area contributed by atoms with E-state index in [4.69, 9.17) is 16.6 Å². The second-order valence-corrected chi connectivity index (χ2v) is 8.80. The summed E-state index contributed by atoms with van der Waals surface area (Å²) < 4.78 is 14.1. The first kappa shape index (κ1) is 23.5. The van der Waals surface area contributed by atoms with Crippen LogP contribution in [0.2, 0.25) is 5.02 Å². The van der Waals surface area contributed by atoms with Gasteiger partial charge in [-0.2, -0.15) is 0 Å². The molecule has 0 bridgehead atoms. The van der Waals surface area contributed by atoms with Crippen LogP contribution in [-0.2, 0) is 11.2 Å². The van der Waals surface area contributed by atoms with Gasteiger partial charge in [0.2, 0.25) is 5.91 Å². The van der Waals surface area contributed by atoms with Crippen molar-refractivity contribution in [3.8, 4) is 11.4 Å². The molecule has 5 aromatic rings. The maximum absolute atomic E-state index is 14.1. The number of aromatic nitrogens is 2. The van der Waals surface area contributed by atoms with Gasteiger partial charge in [0.25, 0.3) is 5.91 Å². The van der Waals surface area contributed by atoms with Crippen LogP contribution < -0.4 is 10.9 Å². The molecular weight excluding hydrogens is 479 g/mol. The van der Waals surface area contributed by atoms with Crippen molar-refractivity contribution < 1.29 is 14.0 Å². The van der Waals surface area contributed by atoms with Gasteiger partial charge in [-0.15, -0.1) is 0 Å². The van der Waals surface area contributed by atoms with Crippen molar-refractivity contribution >= 4 is 45.2 Å². The number of rotatable bonds is 6. The Morgan fingerprint density at radius 1 is 0.944 bits per heavy atom. The van der Waals surface area contributed by atoms with Crippen molar-refractivity contribution in [1.82, 2.24) is 20.8 Å². The number of carbonyl (C=O) groups excluding carboxylic acids is 2. The van der Waals surface area contributed by atoms with Crippen LogP contribution in [0.5, 0.6) is 0 Å². The highest BCUT2D eigenvalue weighted by Crippen LogP contribution is 2.32. The fraction of sp³-hybridized carbons (Fsp3) is 0.107. The molecule has 2 aromatic heterocycles. The Hall–Kier alpha value is -4.23. The topological polar surface area (TPSA) is 86.9 Å². The molecule has 0 aliphatic carbocycles. The van der Waals surface area contributed by atoms with Gasteiger partial charge in [0.1, 0.15) is 5.82 Å². The molecule has 0 atom stereocenters. The molecule has 0 radical (unpaired) electrons. The highest BCUT2D eigenvalue weighted by molar-refractivity contribution is 6.33. The number of hydrogen-bond acceptors (Lipinski definition) is 3. The van der Waals surface area contributed by atoms with E-state index in [1.165, 1.54) is 12.1 Å². The second-order valence-electron chi connectivity index (χ2n) is 8.39. The van der Waals surface area contributed by atoms with E-state index in [0.717, 1.165) is 38.8 Å². The van der Waals surface area contributed by atoms with Crippen LogP contribution in [0.4, 0.5) is 4.39 Å². The molecule has 2 amide bonds. The molecule has 36 heavy (non-hydrogen) atoms. The van der Waals surface area contributed by atoms with Gasteiger partial charge in [-0.1, -0.05) is 48.0 Å². The first-order valence-electron chi connectivity index (χ1n) is 11.5. The molecule has 0 fully saturated rings. The molecule has 0 aliphatic heterocycles. The number of amides is 2. The van der Waals surface area contributed by atoms with Crippen molar-refractivity contribution in [2.24, 2.45) is 0 Å². The fourth-order valence-electron chi connectivity index (χ4n) is 4.23. The molecule has 8 heteroatoms. The molecule has 3 aromatic carbocycles. The average Bonchev–Trinajstić information content (AvgIpc) is 3.25. The number of pyridine rings is 1. The predicted octanol–water partition coefficient (Wildman–Crippen LogP) is 5.96. The van der Waals surface area contributed by atoms with E-state index >= 15 is 0 Å². The third-order valence-electron chi connectivity index (χ3n) is 5.99. The van der Waals surface area contributed by atoms with Crippen LogP contribution in [0.1, 0.15) is 28.8 Å². The second kappa shape index (κ2) is 10.2. The lowest BCUT2D eigenvalue weighted by Crippen LogP contribution is -2.41. The summed E-state index contributed by atoms with van der Waals surface area (Å²) in [6.45, 7) is 0. The minimum absolute atomic E-state index is 0.162. The standard InChI is InChI=1S/C28H22ClFN4O2/c29-22-9-3-2-7-20(22)28(36)34-33-26(35)11-5-8-19-21-16-18(30)13-15-24(21)32-27(19)25-14-12-17-6-1-4-10-23(17)31-25/h1-4,6-7,9-10,12-16,32H,5,8,11H2,(H,33,35)(H,34,36). The van der Waals surface area contributed by atoms with Crippen LogP contribution in [0, 0.1) is 5.82 Å². The monoisotopic (exact) mass is 500 g/mol. The van der Waals surface area contributed by atoms with Gasteiger partial charge in [-0.3, -0.25) is 20.4 Å². The summed E-state index contributed by atoms with van der Waals surface area (Å²) in [5.41, 5.74) is 9.18. The van der Waals surface area contributed by atoms with Crippen LogP contribution in [0.3, 0.4) is 0 Å². The molecule has 0 saturated carbocycles. The van der Waals surface area contributed by atoms with Gasteiger partial charge in [0.05, 0.1) is 27.5 Å². The van der Waals surface area contributed by atoms with E-state index in [1.54, 1.807) is 30.3 Å². The van der Waals surface area contributed by atoms with Crippen molar-refractivity contribution in [3.63, 3.8) is 0 Å². The molecule has 0 aliphatic rings. The van der Waals surface area contributed by atoms with Crippen LogP contribution in [0.25, 0.3) is 33.2 Å². The SMILES string of the molecule is O=C(CCCc1c(-c2ccc3ccccc3n2)[nH]c2ccc(F)cc12)NNC(=O)c1ccccc1Cl. The van der Waals surface area contributed by atoms with Gasteiger partial charge < -0.3 is 4.98 Å². The Morgan fingerprint density at radius 3 is 2.61 bits per heavy atom. The Labute approximate surface area is 211 Å². The molecule has 180 valence electrons. The summed E-state index contributed by atoms with van der Waals surface area (Å²) in [4.78, 5) is 32.8. The van der Waals surface area contributed by atoms with Gasteiger partial charge in [-0.05, 0) is 60.9 Å². The smallest absolute Gasteiger partial charge is 0.271 e. The van der Waals surface area contributed by atoms with E-state index in [-0.39, 0.29) is 23.7 Å². The fourth-order valence-corrected chi connectivity index (χ4v) is 4.45. The predicted molar refractivity (Wildman–Crippen MR) is 139 cm³/mol. The number of halogens is 2. The normalized spacial score (nSPS) is 11.1. The number of nitrogens with zero attached hydrogens (tertiary/aromatic N) is 1. The first-order chi connectivity index (χ1) is 17.5. The van der Waals surface area contributed by atoms with Gasteiger partial charge in [0.15, 0.2) is 0 Å². The molecule has 0 saturated heterocycles. The van der Waals surface area contributed by atoms with E-state index < -0.39 is 5.91 Å². The minimum atomic E-state index is -0.495. The number of benzene rings is 3. The van der Waals surface area contributed by atoms with E-state index in [9.17, 15) is 14.0 Å². The van der Waals surface area contributed by atoms with Crippen molar-refractivity contribution in [2.75, 3.05) is 0 Å². The van der Waals surface area contributed by atoms with Gasteiger partial charge in [0, 0.05) is 22.7 Å². The third-order valence-corrected chi connectivity index (χ3v) is 6.32. The summed E-state index contributed by atoms with van der Waals surface area (Å²) in [5, 5.41) is 2.08. The summed E-state index contributed by atoms with van der Waals surface area (Å²) >= 11 is 6.02. The lowest BCUT2D eigenvalue weighted by Gasteiger charge is -2.09. The van der Waals surface area contributed by atoms with E-state index in [2.05, 4.69) is 15.8 Å². The van der Waals surface area contributed by atoms with Crippen LogP contribution in [-0.4, -0.2) is 21.8 Å². The summed E-state index contributed by atoms with van der Waals surface area (Å²) in [6, 6.07) is 23.0. The Morgan fingerprint density at radius 2 is 1.75 bits per heavy atom. The number of hydrazine groups is 1. The molecule has 5 rings (SSSR count). The quantitative estimate of drug-likeness (QED) is 0.251. The Balaban J connectivity index is 1.31. The van der Waals surface area contributed by atoms with Crippen LogP contribution in [0.15, 0.2) is 78.9 Å². The molecule has 2 heterocycles. The molecule has 0 unspecified atom stereocenters. The van der Waals surface area contributed by atoms with Gasteiger partial charge in [-0.25, -0.2) is 9.37 Å². The third kappa shape index (κ3) is 4.92.